The van der Waals surface area contributed by atoms with Crippen LogP contribution in [0.15, 0.2) is 18.2 Å². The number of anilines is 2. The molecule has 0 radical (unpaired) electrons. The van der Waals surface area contributed by atoms with Gasteiger partial charge in [-0.05, 0) is 55.7 Å². The number of rotatable bonds is 5. The van der Waals surface area contributed by atoms with Crippen LogP contribution in [0.25, 0.3) is 0 Å². The van der Waals surface area contributed by atoms with Gasteiger partial charge in [0, 0.05) is 29.6 Å². The average molecular weight is 429 g/mol. The van der Waals surface area contributed by atoms with Crippen molar-refractivity contribution in [3.05, 3.63) is 49.9 Å². The second kappa shape index (κ2) is 8.06. The summed E-state index contributed by atoms with van der Waals surface area (Å²) in [7, 11) is 0. The third-order valence-electron chi connectivity index (χ3n) is 5.87. The third kappa shape index (κ3) is 3.77. The van der Waals surface area contributed by atoms with Gasteiger partial charge in [-0.15, -0.1) is 11.3 Å². The normalized spacial score (nSPS) is 18.2. The predicted molar refractivity (Wildman–Crippen MR) is 117 cm³/mol. The molecule has 2 heterocycles. The van der Waals surface area contributed by atoms with E-state index in [1.165, 1.54) is 17.4 Å². The molecule has 2 amide bonds. The van der Waals surface area contributed by atoms with E-state index in [1.807, 2.05) is 4.90 Å². The quantitative estimate of drug-likeness (QED) is 0.556. The molecule has 1 aromatic carbocycles. The summed E-state index contributed by atoms with van der Waals surface area (Å²) >= 11 is 1.38. The number of primary amides is 1. The van der Waals surface area contributed by atoms with Gasteiger partial charge in [0.1, 0.15) is 10.7 Å². The molecule has 1 aliphatic carbocycles. The molecule has 2 aliphatic rings. The fourth-order valence-electron chi connectivity index (χ4n) is 4.31. The lowest BCUT2D eigenvalue weighted by atomic mass is 9.88. The van der Waals surface area contributed by atoms with E-state index in [0.717, 1.165) is 55.6 Å². The molecule has 1 saturated heterocycles. The number of carbonyl (C=O) groups is 2. The number of nitrogens with two attached hydrogens (primary N) is 1. The molecular formula is C21H24N4O4S. The summed E-state index contributed by atoms with van der Waals surface area (Å²) < 4.78 is 0. The van der Waals surface area contributed by atoms with Crippen molar-refractivity contribution in [3.8, 4) is 0 Å². The topological polar surface area (TPSA) is 119 Å². The number of benzene rings is 1. The third-order valence-corrected chi connectivity index (χ3v) is 7.04. The first-order chi connectivity index (χ1) is 14.3. The minimum atomic E-state index is -0.562. The number of hydrogen-bond acceptors (Lipinski definition) is 6. The van der Waals surface area contributed by atoms with Crippen molar-refractivity contribution in [2.45, 2.75) is 39.0 Å². The lowest BCUT2D eigenvalue weighted by molar-refractivity contribution is -0.384. The van der Waals surface area contributed by atoms with Gasteiger partial charge in [0.15, 0.2) is 0 Å². The molecule has 1 atom stereocenters. The van der Waals surface area contributed by atoms with Gasteiger partial charge in [0.2, 0.25) is 0 Å². The Morgan fingerprint density at radius 2 is 2.03 bits per heavy atom. The van der Waals surface area contributed by atoms with Crippen molar-refractivity contribution >= 4 is 39.5 Å². The number of amides is 2. The van der Waals surface area contributed by atoms with Crippen LogP contribution in [-0.2, 0) is 12.8 Å². The standard InChI is InChI=1S/C21H24N4O4S/c1-12-4-6-14-17(10-12)30-21(18(14)19(22)26)23-20(27)13-5-7-15(16(11-13)25(28)29)24-8-2-3-9-24/h5,7,11-12H,2-4,6,8-10H2,1H3,(H2,22,26)(H,23,27)/t12-/m1/s1. The fourth-order valence-corrected chi connectivity index (χ4v) is 5.72. The number of nitro benzene ring substituents is 1. The fraction of sp³-hybridized carbons (Fsp3) is 0.429. The minimum absolute atomic E-state index is 0.0843. The first kappa shape index (κ1) is 20.3. The first-order valence-electron chi connectivity index (χ1n) is 10.1. The highest BCUT2D eigenvalue weighted by Gasteiger charge is 2.28. The van der Waals surface area contributed by atoms with Crippen molar-refractivity contribution in [1.29, 1.82) is 0 Å². The maximum atomic E-state index is 12.9. The van der Waals surface area contributed by atoms with Crippen molar-refractivity contribution in [2.24, 2.45) is 11.7 Å². The van der Waals surface area contributed by atoms with Crippen molar-refractivity contribution in [2.75, 3.05) is 23.3 Å². The lowest BCUT2D eigenvalue weighted by Gasteiger charge is -2.18. The maximum Gasteiger partial charge on any atom is 0.293 e. The number of nitrogens with one attached hydrogen (secondary N) is 1. The molecule has 1 fully saturated rings. The van der Waals surface area contributed by atoms with Gasteiger partial charge in [0.05, 0.1) is 10.5 Å². The Bertz CT molecular complexity index is 1030. The smallest absolute Gasteiger partial charge is 0.293 e. The Morgan fingerprint density at radius 3 is 2.70 bits per heavy atom. The van der Waals surface area contributed by atoms with Gasteiger partial charge >= 0.3 is 0 Å². The van der Waals surface area contributed by atoms with E-state index >= 15 is 0 Å². The number of nitro groups is 1. The summed E-state index contributed by atoms with van der Waals surface area (Å²) in [5, 5.41) is 14.8. The molecule has 158 valence electrons. The monoisotopic (exact) mass is 428 g/mol. The Hall–Kier alpha value is -2.94. The summed E-state index contributed by atoms with van der Waals surface area (Å²) in [5.74, 6) is -0.533. The Balaban J connectivity index is 1.64. The van der Waals surface area contributed by atoms with Crippen molar-refractivity contribution < 1.29 is 14.5 Å². The summed E-state index contributed by atoms with van der Waals surface area (Å²) in [6.45, 7) is 3.70. The molecule has 9 heteroatoms. The zero-order chi connectivity index (χ0) is 21.4. The van der Waals surface area contributed by atoms with Crippen LogP contribution >= 0.6 is 11.3 Å². The second-order valence-electron chi connectivity index (χ2n) is 8.03. The van der Waals surface area contributed by atoms with Gasteiger partial charge in [-0.25, -0.2) is 0 Å². The number of fused-ring (bicyclic) bond motifs is 1. The maximum absolute atomic E-state index is 12.9. The van der Waals surface area contributed by atoms with Crippen molar-refractivity contribution in [1.82, 2.24) is 0 Å². The highest BCUT2D eigenvalue weighted by atomic mass is 32.1. The minimum Gasteiger partial charge on any atom is -0.366 e. The van der Waals surface area contributed by atoms with Crippen molar-refractivity contribution in [3.63, 3.8) is 0 Å². The Morgan fingerprint density at radius 1 is 1.30 bits per heavy atom. The Kier molecular flexibility index (Phi) is 5.46. The molecule has 0 bridgehead atoms. The molecular weight excluding hydrogens is 404 g/mol. The molecule has 4 rings (SSSR count). The van der Waals surface area contributed by atoms with E-state index in [4.69, 9.17) is 5.73 Å². The zero-order valence-electron chi connectivity index (χ0n) is 16.8. The van der Waals surface area contributed by atoms with Gasteiger partial charge < -0.3 is 16.0 Å². The number of carbonyl (C=O) groups excluding carboxylic acids is 2. The first-order valence-corrected chi connectivity index (χ1v) is 11.0. The number of hydrogen-bond donors (Lipinski definition) is 2. The van der Waals surface area contributed by atoms with Crippen LogP contribution in [0.5, 0.6) is 0 Å². The van der Waals surface area contributed by atoms with Gasteiger partial charge in [0.25, 0.3) is 17.5 Å². The molecule has 0 saturated carbocycles. The van der Waals surface area contributed by atoms with Crippen LogP contribution in [0.3, 0.4) is 0 Å². The molecule has 0 unspecified atom stereocenters. The number of nitrogens with zero attached hydrogens (tertiary/aromatic N) is 2. The highest BCUT2D eigenvalue weighted by molar-refractivity contribution is 7.17. The van der Waals surface area contributed by atoms with E-state index in [2.05, 4.69) is 12.2 Å². The van der Waals surface area contributed by atoms with Gasteiger partial charge in [-0.1, -0.05) is 6.92 Å². The van der Waals surface area contributed by atoms with E-state index in [1.54, 1.807) is 12.1 Å². The van der Waals surface area contributed by atoms with Gasteiger partial charge in [-0.2, -0.15) is 0 Å². The highest BCUT2D eigenvalue weighted by Crippen LogP contribution is 2.40. The molecule has 1 aliphatic heterocycles. The summed E-state index contributed by atoms with van der Waals surface area (Å²) in [6.07, 6.45) is 4.58. The molecule has 1 aromatic heterocycles. The molecule has 30 heavy (non-hydrogen) atoms. The zero-order valence-corrected chi connectivity index (χ0v) is 17.6. The van der Waals surface area contributed by atoms with Crippen LogP contribution in [0.1, 0.15) is 57.3 Å². The Labute approximate surface area is 178 Å². The second-order valence-corrected chi connectivity index (χ2v) is 9.13. The van der Waals surface area contributed by atoms with Crippen LogP contribution < -0.4 is 16.0 Å². The van der Waals surface area contributed by atoms with Crippen LogP contribution in [-0.4, -0.2) is 29.8 Å². The van der Waals surface area contributed by atoms with Gasteiger partial charge in [-0.3, -0.25) is 19.7 Å². The van der Waals surface area contributed by atoms with E-state index in [-0.39, 0.29) is 11.3 Å². The summed E-state index contributed by atoms with van der Waals surface area (Å²) in [4.78, 5) is 39.2. The molecule has 0 spiro atoms. The van der Waals surface area contributed by atoms with E-state index in [0.29, 0.717) is 22.2 Å². The lowest BCUT2D eigenvalue weighted by Crippen LogP contribution is -2.20. The van der Waals surface area contributed by atoms with Crippen LogP contribution in [0, 0.1) is 16.0 Å². The average Bonchev–Trinajstić information content (AvgIpc) is 3.34. The predicted octanol–water partition coefficient (Wildman–Crippen LogP) is 3.73. The van der Waals surface area contributed by atoms with E-state index in [9.17, 15) is 19.7 Å². The SMILES string of the molecule is C[C@@H]1CCc2c(sc(NC(=O)c3ccc(N4CCCC4)c([N+](=O)[O-])c3)c2C(N)=O)C1. The van der Waals surface area contributed by atoms with Crippen LogP contribution in [0.2, 0.25) is 0 Å². The van der Waals surface area contributed by atoms with E-state index < -0.39 is 16.7 Å². The largest absolute Gasteiger partial charge is 0.366 e. The molecule has 3 N–H and O–H groups in total. The summed E-state index contributed by atoms with van der Waals surface area (Å²) in [6, 6.07) is 4.53. The number of thiophene rings is 1. The summed E-state index contributed by atoms with van der Waals surface area (Å²) in [5.41, 5.74) is 7.54. The molecule has 8 nitrogen and oxygen atoms in total. The van der Waals surface area contributed by atoms with Crippen LogP contribution in [0.4, 0.5) is 16.4 Å². The molecule has 2 aromatic rings.